The Kier molecular flexibility index (Phi) is 11.9. The second-order valence-corrected chi connectivity index (χ2v) is 17.6. The van der Waals surface area contributed by atoms with Crippen LogP contribution in [-0.2, 0) is 35.1 Å². The summed E-state index contributed by atoms with van der Waals surface area (Å²) in [7, 11) is 0. The van der Waals surface area contributed by atoms with Crippen LogP contribution < -0.4 is 0 Å². The third-order valence-corrected chi connectivity index (χ3v) is 9.23. The number of aryl methyl sites for hydroxylation is 2. The Labute approximate surface area is 284 Å². The van der Waals surface area contributed by atoms with E-state index >= 15 is 0 Å². The summed E-state index contributed by atoms with van der Waals surface area (Å²) in [5.41, 5.74) is 9.18. The molecular formula is C43H56Zr. The smallest absolute Gasteiger partial charge is 0.0142 e. The maximum Gasteiger partial charge on any atom is -0.0142 e. The van der Waals surface area contributed by atoms with Crippen LogP contribution in [0.2, 0.25) is 0 Å². The molecule has 0 aromatic heterocycles. The number of benzene rings is 3. The first-order valence-corrected chi connectivity index (χ1v) is 17.6. The number of fused-ring (bicyclic) bond motifs is 3. The quantitative estimate of drug-likeness (QED) is 0.191. The van der Waals surface area contributed by atoms with E-state index < -0.39 is 0 Å². The van der Waals surface area contributed by atoms with Crippen molar-refractivity contribution in [3.8, 4) is 0 Å². The molecule has 0 saturated carbocycles. The fourth-order valence-electron chi connectivity index (χ4n) is 6.09. The van der Waals surface area contributed by atoms with Gasteiger partial charge >= 0.3 is 70.3 Å². The zero-order chi connectivity index (χ0) is 33.0. The first kappa shape index (κ1) is 36.2. The van der Waals surface area contributed by atoms with E-state index in [2.05, 4.69) is 163 Å². The zero-order valence-corrected chi connectivity index (χ0v) is 32.4. The molecule has 0 heterocycles. The molecule has 1 aliphatic carbocycles. The topological polar surface area (TPSA) is 0 Å². The Bertz CT molecular complexity index is 1560. The van der Waals surface area contributed by atoms with Crippen molar-refractivity contribution in [3.05, 3.63) is 112 Å². The molecule has 4 aromatic carbocycles. The summed E-state index contributed by atoms with van der Waals surface area (Å²) in [6.07, 6.45) is 10.4. The maximum absolute atomic E-state index is 3.40. The second-order valence-electron chi connectivity index (χ2n) is 15.7. The van der Waals surface area contributed by atoms with Crippen molar-refractivity contribution in [2.75, 3.05) is 0 Å². The summed E-state index contributed by atoms with van der Waals surface area (Å²) in [5.74, 6) is 0.587. The Morgan fingerprint density at radius 3 is 1.57 bits per heavy atom. The van der Waals surface area contributed by atoms with Crippen LogP contribution in [0.15, 0.2) is 78.4 Å². The van der Waals surface area contributed by atoms with E-state index in [1.54, 1.807) is 0 Å². The molecule has 1 unspecified atom stereocenters. The van der Waals surface area contributed by atoms with E-state index in [4.69, 9.17) is 0 Å². The minimum Gasteiger partial charge on any atom is -0.126 e. The average Bonchev–Trinajstić information content (AvgIpc) is 3.52. The summed E-state index contributed by atoms with van der Waals surface area (Å²) in [4.78, 5) is 0. The molecule has 1 aliphatic rings. The van der Waals surface area contributed by atoms with Gasteiger partial charge in [-0.05, 0) is 24.7 Å². The van der Waals surface area contributed by atoms with E-state index in [1.165, 1.54) is 95.2 Å². The van der Waals surface area contributed by atoms with Crippen molar-refractivity contribution >= 4 is 24.8 Å². The summed E-state index contributed by atoms with van der Waals surface area (Å²) in [5, 5.41) is 5.55. The zero-order valence-electron chi connectivity index (χ0n) is 29.9. The molecule has 0 N–H and O–H groups in total. The maximum atomic E-state index is 3.40. The van der Waals surface area contributed by atoms with Crippen LogP contribution >= 0.6 is 0 Å². The number of rotatable bonds is 3. The first-order chi connectivity index (χ1) is 20.3. The fraction of sp³-hybridized carbons (Fsp3) is 0.442. The molecule has 44 heavy (non-hydrogen) atoms. The standard InChI is InChI=1S/C23H29.C12H19.C8H8.Zr/c1-14-9-16-11-17-10-15(2)21(23(6,7)8)13-19(17)18(16)12-20(14)22(3,4)5;1-5-6-10-7-8-11(9-10)12(2,3)4;1-2-8-6-4-3-5-7-8;/h9-13H,1-8H3;8-10H,5-6H2,1-4H3;3-7H,1H3;/q2*-1;;+2. The van der Waals surface area contributed by atoms with Crippen LogP contribution in [0.5, 0.6) is 0 Å². The van der Waals surface area contributed by atoms with Crippen LogP contribution in [0, 0.1) is 31.3 Å². The van der Waals surface area contributed by atoms with Crippen LogP contribution in [0.4, 0.5) is 0 Å². The van der Waals surface area contributed by atoms with Crippen molar-refractivity contribution < 1.29 is 24.2 Å². The van der Waals surface area contributed by atoms with Gasteiger partial charge in [0.1, 0.15) is 0 Å². The molecule has 0 amide bonds. The molecule has 0 bridgehead atoms. The van der Waals surface area contributed by atoms with Gasteiger partial charge in [0.2, 0.25) is 0 Å². The van der Waals surface area contributed by atoms with Crippen LogP contribution in [0.3, 0.4) is 0 Å². The molecule has 0 saturated heterocycles. The number of hydrogen-bond acceptors (Lipinski definition) is 0. The van der Waals surface area contributed by atoms with E-state index in [-0.39, 0.29) is 10.8 Å². The van der Waals surface area contributed by atoms with Gasteiger partial charge in [0.05, 0.1) is 0 Å². The molecular weight excluding hydrogens is 608 g/mol. The third-order valence-electron chi connectivity index (χ3n) is 8.52. The van der Waals surface area contributed by atoms with Gasteiger partial charge in [0, 0.05) is 0 Å². The van der Waals surface area contributed by atoms with E-state index in [9.17, 15) is 0 Å². The van der Waals surface area contributed by atoms with Gasteiger partial charge in [0.15, 0.2) is 0 Å². The number of allylic oxidation sites excluding steroid dienone is 4. The van der Waals surface area contributed by atoms with E-state index in [0.29, 0.717) is 11.3 Å². The normalized spacial score (nSPS) is 15.1. The van der Waals surface area contributed by atoms with Gasteiger partial charge in [-0.1, -0.05) is 128 Å². The SMILES string of the molecule is CCCC1[C-]=CC(C(C)(C)C)=C1.C[C](=[Zr+2])c1ccccc1.Cc1cc2[cH-]c3cc(C)c(C(C)(C)C)cc3c2cc1C(C)(C)C. The summed E-state index contributed by atoms with van der Waals surface area (Å²) >= 11 is 1.51. The Balaban J connectivity index is 0.000000210. The van der Waals surface area contributed by atoms with Gasteiger partial charge < -0.3 is 0 Å². The van der Waals surface area contributed by atoms with Crippen molar-refractivity contribution in [2.45, 2.75) is 114 Å². The summed E-state index contributed by atoms with van der Waals surface area (Å²) in [6.45, 7) is 29.4. The fourth-order valence-corrected chi connectivity index (χ4v) is 6.50. The summed E-state index contributed by atoms with van der Waals surface area (Å²) in [6, 6.07) is 22.4. The molecule has 0 spiro atoms. The molecule has 1 atom stereocenters. The van der Waals surface area contributed by atoms with E-state index in [1.807, 2.05) is 6.07 Å². The minimum atomic E-state index is 0.180. The largest absolute Gasteiger partial charge is 0.126 e. The van der Waals surface area contributed by atoms with Gasteiger partial charge in [-0.25, -0.2) is 6.08 Å². The van der Waals surface area contributed by atoms with Crippen LogP contribution in [-0.4, -0.2) is 3.21 Å². The predicted molar refractivity (Wildman–Crippen MR) is 194 cm³/mol. The van der Waals surface area contributed by atoms with E-state index in [0.717, 1.165) is 0 Å². The first-order valence-electron chi connectivity index (χ1n) is 16.4. The minimum absolute atomic E-state index is 0.180. The van der Waals surface area contributed by atoms with Crippen molar-refractivity contribution in [1.82, 2.24) is 0 Å². The van der Waals surface area contributed by atoms with Crippen LogP contribution in [0.25, 0.3) is 21.5 Å². The Hall–Kier alpha value is -2.24. The molecule has 0 aliphatic heterocycles. The van der Waals surface area contributed by atoms with Crippen molar-refractivity contribution in [1.29, 1.82) is 0 Å². The molecule has 5 rings (SSSR count). The predicted octanol–water partition coefficient (Wildman–Crippen LogP) is 12.4. The van der Waals surface area contributed by atoms with Gasteiger partial charge in [-0.3, -0.25) is 6.08 Å². The van der Waals surface area contributed by atoms with Crippen molar-refractivity contribution in [2.24, 2.45) is 11.3 Å². The van der Waals surface area contributed by atoms with Gasteiger partial charge in [-0.15, -0.1) is 39.7 Å². The third kappa shape index (κ3) is 9.39. The van der Waals surface area contributed by atoms with Crippen molar-refractivity contribution in [3.63, 3.8) is 0 Å². The average molecular weight is 664 g/mol. The number of hydrogen-bond donors (Lipinski definition) is 0. The molecule has 0 nitrogen and oxygen atoms in total. The Morgan fingerprint density at radius 2 is 1.23 bits per heavy atom. The monoisotopic (exact) mass is 662 g/mol. The molecule has 4 aromatic rings. The second kappa shape index (κ2) is 14.5. The molecule has 0 radical (unpaired) electrons. The van der Waals surface area contributed by atoms with Gasteiger partial charge in [-0.2, -0.15) is 11.6 Å². The summed E-state index contributed by atoms with van der Waals surface area (Å²) < 4.78 is 1.46. The molecule has 1 heteroatoms. The van der Waals surface area contributed by atoms with Gasteiger partial charge in [0.25, 0.3) is 0 Å². The Morgan fingerprint density at radius 1 is 0.750 bits per heavy atom. The molecule has 0 fully saturated rings. The molecule has 232 valence electrons. The van der Waals surface area contributed by atoms with Crippen LogP contribution in [0.1, 0.15) is 117 Å².